The molecule has 5 heteroatoms. The van der Waals surface area contributed by atoms with Crippen molar-refractivity contribution in [2.24, 2.45) is 5.73 Å². The van der Waals surface area contributed by atoms with Crippen LogP contribution >= 0.6 is 0 Å². The minimum absolute atomic E-state index is 0.0431. The smallest absolute Gasteiger partial charge is 0.321 e. The summed E-state index contributed by atoms with van der Waals surface area (Å²) in [6, 6.07) is 7.54. The van der Waals surface area contributed by atoms with Gasteiger partial charge in [0.25, 0.3) is 0 Å². The van der Waals surface area contributed by atoms with Gasteiger partial charge in [0, 0.05) is 31.4 Å². The van der Waals surface area contributed by atoms with Crippen LogP contribution in [0.3, 0.4) is 0 Å². The van der Waals surface area contributed by atoms with Crippen LogP contribution in [0.1, 0.15) is 31.9 Å². The molecule has 1 heterocycles. The zero-order valence-electron chi connectivity index (χ0n) is 12.1. The summed E-state index contributed by atoms with van der Waals surface area (Å²) in [6.45, 7) is 5.98. The summed E-state index contributed by atoms with van der Waals surface area (Å²) in [6.07, 6.45) is 0.955. The number of carbonyl (C=O) groups excluding carboxylic acids is 1. The number of anilines is 1. The quantitative estimate of drug-likeness (QED) is 0.872. The third kappa shape index (κ3) is 3.95. The molecule has 110 valence electrons. The molecule has 0 bridgehead atoms. The summed E-state index contributed by atoms with van der Waals surface area (Å²) in [4.78, 5) is 14.1. The largest absolute Gasteiger partial charge is 0.377 e. The fraction of sp³-hybridized carbons (Fsp3) is 0.533. The van der Waals surface area contributed by atoms with Crippen LogP contribution in [0, 0.1) is 0 Å². The highest BCUT2D eigenvalue weighted by Crippen LogP contribution is 2.16. The van der Waals surface area contributed by atoms with Crippen molar-refractivity contribution >= 4 is 11.7 Å². The van der Waals surface area contributed by atoms with Crippen LogP contribution in [-0.4, -0.2) is 36.7 Å². The molecule has 0 spiro atoms. The molecule has 1 aliphatic heterocycles. The SMILES string of the molecule is CC1CN(C(=O)Nc2cccc(C(C)N)c2)CCCO1. The van der Waals surface area contributed by atoms with Gasteiger partial charge in [0.2, 0.25) is 0 Å². The van der Waals surface area contributed by atoms with Crippen molar-refractivity contribution < 1.29 is 9.53 Å². The van der Waals surface area contributed by atoms with E-state index in [1.165, 1.54) is 0 Å². The number of nitrogens with one attached hydrogen (secondary N) is 1. The molecule has 0 aliphatic carbocycles. The van der Waals surface area contributed by atoms with Gasteiger partial charge in [-0.15, -0.1) is 0 Å². The first kappa shape index (κ1) is 14.8. The van der Waals surface area contributed by atoms with E-state index in [0.29, 0.717) is 13.2 Å². The van der Waals surface area contributed by atoms with Crippen LogP contribution < -0.4 is 11.1 Å². The molecule has 2 unspecified atom stereocenters. The van der Waals surface area contributed by atoms with E-state index >= 15 is 0 Å². The van der Waals surface area contributed by atoms with Gasteiger partial charge in [-0.1, -0.05) is 12.1 Å². The summed E-state index contributed by atoms with van der Waals surface area (Å²) in [5.41, 5.74) is 7.65. The van der Waals surface area contributed by atoms with Crippen molar-refractivity contribution in [2.75, 3.05) is 25.0 Å². The number of nitrogens with zero attached hydrogens (tertiary/aromatic N) is 1. The van der Waals surface area contributed by atoms with Gasteiger partial charge in [0.15, 0.2) is 0 Å². The van der Waals surface area contributed by atoms with E-state index in [0.717, 1.165) is 24.2 Å². The molecular weight excluding hydrogens is 254 g/mol. The minimum atomic E-state index is -0.0795. The van der Waals surface area contributed by atoms with Gasteiger partial charge in [0.1, 0.15) is 0 Å². The van der Waals surface area contributed by atoms with E-state index in [-0.39, 0.29) is 18.2 Å². The maximum absolute atomic E-state index is 12.3. The number of hydrogen-bond donors (Lipinski definition) is 2. The van der Waals surface area contributed by atoms with Gasteiger partial charge < -0.3 is 20.7 Å². The summed E-state index contributed by atoms with van der Waals surface area (Å²) in [7, 11) is 0. The number of amides is 2. The molecule has 5 nitrogen and oxygen atoms in total. The van der Waals surface area contributed by atoms with Gasteiger partial charge in [-0.2, -0.15) is 0 Å². The Morgan fingerprint density at radius 3 is 3.10 bits per heavy atom. The summed E-state index contributed by atoms with van der Waals surface area (Å²) in [5.74, 6) is 0. The molecule has 0 saturated carbocycles. The number of carbonyl (C=O) groups is 1. The van der Waals surface area contributed by atoms with Crippen LogP contribution in [0.25, 0.3) is 0 Å². The lowest BCUT2D eigenvalue weighted by atomic mass is 10.1. The van der Waals surface area contributed by atoms with Crippen LogP contribution in [0.4, 0.5) is 10.5 Å². The molecule has 3 N–H and O–H groups in total. The highest BCUT2D eigenvalue weighted by atomic mass is 16.5. The first-order valence-corrected chi connectivity index (χ1v) is 7.09. The van der Waals surface area contributed by atoms with Gasteiger partial charge in [-0.25, -0.2) is 4.79 Å². The summed E-state index contributed by atoms with van der Waals surface area (Å²) < 4.78 is 5.55. The number of ether oxygens (including phenoxy) is 1. The third-order valence-electron chi connectivity index (χ3n) is 3.40. The van der Waals surface area contributed by atoms with Crippen molar-refractivity contribution in [2.45, 2.75) is 32.4 Å². The van der Waals surface area contributed by atoms with Crippen molar-refractivity contribution in [1.82, 2.24) is 4.90 Å². The highest BCUT2D eigenvalue weighted by molar-refractivity contribution is 5.89. The molecule has 0 aromatic heterocycles. The topological polar surface area (TPSA) is 67.6 Å². The molecule has 20 heavy (non-hydrogen) atoms. The third-order valence-corrected chi connectivity index (χ3v) is 3.40. The number of benzene rings is 1. The normalized spacial score (nSPS) is 21.1. The summed E-state index contributed by atoms with van der Waals surface area (Å²) in [5, 5.41) is 2.93. The average molecular weight is 277 g/mol. The zero-order chi connectivity index (χ0) is 14.5. The first-order chi connectivity index (χ1) is 9.56. The van der Waals surface area contributed by atoms with Crippen molar-refractivity contribution in [3.8, 4) is 0 Å². The number of urea groups is 1. The van der Waals surface area contributed by atoms with Crippen molar-refractivity contribution in [1.29, 1.82) is 0 Å². The fourth-order valence-electron chi connectivity index (χ4n) is 2.28. The Hall–Kier alpha value is -1.59. The van der Waals surface area contributed by atoms with Crippen LogP contribution in [0.5, 0.6) is 0 Å². The maximum atomic E-state index is 12.3. The van der Waals surface area contributed by atoms with Crippen LogP contribution in [0.15, 0.2) is 24.3 Å². The van der Waals surface area contributed by atoms with E-state index in [1.807, 2.05) is 38.1 Å². The molecule has 2 atom stereocenters. The first-order valence-electron chi connectivity index (χ1n) is 7.09. The van der Waals surface area contributed by atoms with E-state index in [2.05, 4.69) is 5.32 Å². The fourth-order valence-corrected chi connectivity index (χ4v) is 2.28. The van der Waals surface area contributed by atoms with Crippen LogP contribution in [-0.2, 0) is 4.74 Å². The molecular formula is C15H23N3O2. The maximum Gasteiger partial charge on any atom is 0.321 e. The van der Waals surface area contributed by atoms with Crippen LogP contribution in [0.2, 0.25) is 0 Å². The average Bonchev–Trinajstić information content (AvgIpc) is 2.63. The van der Waals surface area contributed by atoms with Gasteiger partial charge in [-0.05, 0) is 38.0 Å². The lowest BCUT2D eigenvalue weighted by Crippen LogP contribution is -2.38. The molecule has 2 rings (SSSR count). The monoisotopic (exact) mass is 277 g/mol. The van der Waals surface area contributed by atoms with E-state index in [1.54, 1.807) is 4.90 Å². The van der Waals surface area contributed by atoms with Crippen molar-refractivity contribution in [3.63, 3.8) is 0 Å². The Labute approximate surface area is 120 Å². The summed E-state index contributed by atoms with van der Waals surface area (Å²) >= 11 is 0. The highest BCUT2D eigenvalue weighted by Gasteiger charge is 2.19. The standard InChI is InChI=1S/C15H23N3O2/c1-11-10-18(7-4-8-20-11)15(19)17-14-6-3-5-13(9-14)12(2)16/h3,5-6,9,11-12H,4,7-8,10,16H2,1-2H3,(H,17,19). The van der Waals surface area contributed by atoms with Gasteiger partial charge >= 0.3 is 6.03 Å². The lowest BCUT2D eigenvalue weighted by Gasteiger charge is -2.22. The molecule has 1 fully saturated rings. The molecule has 2 amide bonds. The zero-order valence-corrected chi connectivity index (χ0v) is 12.1. The second-order valence-corrected chi connectivity index (χ2v) is 5.33. The molecule has 1 aromatic rings. The Balaban J connectivity index is 2.01. The second-order valence-electron chi connectivity index (χ2n) is 5.33. The van der Waals surface area contributed by atoms with Gasteiger partial charge in [-0.3, -0.25) is 0 Å². The number of hydrogen-bond acceptors (Lipinski definition) is 3. The Morgan fingerprint density at radius 1 is 1.55 bits per heavy atom. The Kier molecular flexibility index (Phi) is 4.98. The van der Waals surface area contributed by atoms with Gasteiger partial charge in [0.05, 0.1) is 6.10 Å². The van der Waals surface area contributed by atoms with Crippen molar-refractivity contribution in [3.05, 3.63) is 29.8 Å². The molecule has 1 saturated heterocycles. The number of rotatable bonds is 2. The predicted molar refractivity (Wildman–Crippen MR) is 79.7 cm³/mol. The Morgan fingerprint density at radius 2 is 2.35 bits per heavy atom. The lowest BCUT2D eigenvalue weighted by molar-refractivity contribution is 0.0718. The molecule has 1 aromatic carbocycles. The van der Waals surface area contributed by atoms with E-state index in [4.69, 9.17) is 10.5 Å². The second kappa shape index (κ2) is 6.72. The molecule has 1 aliphatic rings. The molecule has 0 radical (unpaired) electrons. The minimum Gasteiger partial charge on any atom is -0.377 e. The number of nitrogens with two attached hydrogens (primary N) is 1. The Bertz CT molecular complexity index is 462. The van der Waals surface area contributed by atoms with E-state index in [9.17, 15) is 4.79 Å². The van der Waals surface area contributed by atoms with E-state index < -0.39 is 0 Å². The predicted octanol–water partition coefficient (Wildman–Crippen LogP) is 2.35.